The minimum Gasteiger partial charge on any atom is -0.493 e. The smallest absolute Gasteiger partial charge is 0.271 e. The van der Waals surface area contributed by atoms with E-state index in [0.717, 1.165) is 5.56 Å². The monoisotopic (exact) mass is 465 g/mol. The van der Waals surface area contributed by atoms with Crippen LogP contribution in [0.1, 0.15) is 40.1 Å². The number of ether oxygens (including phenoxy) is 2. The number of amides is 2. The van der Waals surface area contributed by atoms with Crippen LogP contribution in [0.5, 0.6) is 11.5 Å². The predicted octanol–water partition coefficient (Wildman–Crippen LogP) is 5.15. The van der Waals surface area contributed by atoms with Crippen molar-refractivity contribution in [3.8, 4) is 11.5 Å². The Morgan fingerprint density at radius 1 is 0.970 bits per heavy atom. The van der Waals surface area contributed by atoms with E-state index < -0.39 is 0 Å². The molecule has 3 aromatic rings. The summed E-state index contributed by atoms with van der Waals surface area (Å²) in [4.78, 5) is 24.7. The third-order valence-electron chi connectivity index (χ3n) is 4.45. The molecule has 0 radical (unpaired) electrons. The molecule has 8 heteroatoms. The van der Waals surface area contributed by atoms with Crippen LogP contribution in [0, 0.1) is 0 Å². The molecule has 2 amide bonds. The Morgan fingerprint density at radius 2 is 1.70 bits per heavy atom. The molecule has 2 N–H and O–H groups in total. The highest BCUT2D eigenvalue weighted by atomic mass is 35.5. The van der Waals surface area contributed by atoms with Crippen molar-refractivity contribution in [2.24, 2.45) is 5.10 Å². The zero-order chi connectivity index (χ0) is 23.8. The molecule has 0 saturated heterocycles. The lowest BCUT2D eigenvalue weighted by Crippen LogP contribution is -2.18. The van der Waals surface area contributed by atoms with Gasteiger partial charge in [0.2, 0.25) is 0 Å². The van der Waals surface area contributed by atoms with Crippen molar-refractivity contribution in [2.75, 3.05) is 12.4 Å². The van der Waals surface area contributed by atoms with Crippen LogP contribution >= 0.6 is 11.6 Å². The summed E-state index contributed by atoms with van der Waals surface area (Å²) in [5, 5.41) is 7.11. The Hall–Kier alpha value is -3.84. The molecule has 0 spiro atoms. The van der Waals surface area contributed by atoms with E-state index in [1.165, 1.54) is 6.21 Å². The standard InChI is InChI=1S/C25H24ClN3O4/c1-16(2)33-22-13-8-17(14-23(22)32-3)15-27-29-24(30)18-9-11-19(12-10-18)28-25(31)20-6-4-5-7-21(20)26/h4-16H,1-3H3,(H,28,31)(H,29,30). The quantitative estimate of drug-likeness (QED) is 0.355. The molecule has 0 fully saturated rings. The molecule has 0 heterocycles. The number of hydrazone groups is 1. The minimum atomic E-state index is -0.387. The van der Waals surface area contributed by atoms with E-state index in [9.17, 15) is 9.59 Å². The Kier molecular flexibility index (Phi) is 8.05. The molecule has 0 aliphatic carbocycles. The Balaban J connectivity index is 1.59. The number of halogens is 1. The van der Waals surface area contributed by atoms with Gasteiger partial charge in [-0.1, -0.05) is 23.7 Å². The van der Waals surface area contributed by atoms with E-state index in [1.807, 2.05) is 19.9 Å². The zero-order valence-corrected chi connectivity index (χ0v) is 19.2. The number of nitrogens with zero attached hydrogens (tertiary/aromatic N) is 1. The zero-order valence-electron chi connectivity index (χ0n) is 18.5. The number of hydrogen-bond donors (Lipinski definition) is 2. The van der Waals surface area contributed by atoms with Gasteiger partial charge >= 0.3 is 0 Å². The molecule has 170 valence electrons. The maximum absolute atomic E-state index is 12.4. The highest BCUT2D eigenvalue weighted by Gasteiger charge is 2.11. The maximum Gasteiger partial charge on any atom is 0.271 e. The summed E-state index contributed by atoms with van der Waals surface area (Å²) in [7, 11) is 1.56. The van der Waals surface area contributed by atoms with Gasteiger partial charge in [-0.05, 0) is 74.0 Å². The highest BCUT2D eigenvalue weighted by molar-refractivity contribution is 6.34. The molecule has 33 heavy (non-hydrogen) atoms. The lowest BCUT2D eigenvalue weighted by molar-refractivity contribution is 0.0954. The molecule has 0 aromatic heterocycles. The van der Waals surface area contributed by atoms with Crippen molar-refractivity contribution < 1.29 is 19.1 Å². The molecule has 0 aliphatic heterocycles. The third kappa shape index (κ3) is 6.57. The molecule has 0 atom stereocenters. The first kappa shape index (κ1) is 23.8. The second kappa shape index (κ2) is 11.2. The fraction of sp³-hybridized carbons (Fsp3) is 0.160. The summed E-state index contributed by atoms with van der Waals surface area (Å²) in [6, 6.07) is 18.6. The molecular weight excluding hydrogens is 442 g/mol. The van der Waals surface area contributed by atoms with Crippen molar-refractivity contribution in [3.63, 3.8) is 0 Å². The first-order valence-corrected chi connectivity index (χ1v) is 10.6. The van der Waals surface area contributed by atoms with E-state index in [2.05, 4.69) is 15.8 Å². The Labute approximate surface area is 197 Å². The number of carbonyl (C=O) groups is 2. The highest BCUT2D eigenvalue weighted by Crippen LogP contribution is 2.28. The van der Waals surface area contributed by atoms with Crippen molar-refractivity contribution >= 4 is 35.3 Å². The summed E-state index contributed by atoms with van der Waals surface area (Å²) in [6.07, 6.45) is 1.53. The Morgan fingerprint density at radius 3 is 2.36 bits per heavy atom. The number of anilines is 1. The van der Waals surface area contributed by atoms with Crippen LogP contribution in [0.2, 0.25) is 5.02 Å². The molecule has 3 rings (SSSR count). The number of carbonyl (C=O) groups excluding carboxylic acids is 2. The summed E-state index contributed by atoms with van der Waals surface area (Å²) < 4.78 is 11.0. The fourth-order valence-corrected chi connectivity index (χ4v) is 3.12. The molecule has 0 aliphatic rings. The first-order valence-electron chi connectivity index (χ1n) is 10.2. The first-order chi connectivity index (χ1) is 15.9. The van der Waals surface area contributed by atoms with Crippen LogP contribution in [0.25, 0.3) is 0 Å². The molecule has 0 unspecified atom stereocenters. The van der Waals surface area contributed by atoms with Gasteiger partial charge in [0.15, 0.2) is 11.5 Å². The summed E-state index contributed by atoms with van der Waals surface area (Å²) in [5.74, 6) is 0.494. The number of benzene rings is 3. The second-order valence-corrected chi connectivity index (χ2v) is 7.69. The van der Waals surface area contributed by atoms with Crippen molar-refractivity contribution in [1.82, 2.24) is 5.43 Å². The molecular formula is C25H24ClN3O4. The van der Waals surface area contributed by atoms with Gasteiger partial charge in [0.1, 0.15) is 0 Å². The van der Waals surface area contributed by atoms with E-state index in [-0.39, 0.29) is 17.9 Å². The lowest BCUT2D eigenvalue weighted by atomic mass is 10.1. The van der Waals surface area contributed by atoms with E-state index in [4.69, 9.17) is 21.1 Å². The minimum absolute atomic E-state index is 0.0218. The van der Waals surface area contributed by atoms with Crippen molar-refractivity contribution in [3.05, 3.63) is 88.4 Å². The van der Waals surface area contributed by atoms with Crippen molar-refractivity contribution in [2.45, 2.75) is 20.0 Å². The third-order valence-corrected chi connectivity index (χ3v) is 4.78. The molecule has 7 nitrogen and oxygen atoms in total. The van der Waals surface area contributed by atoms with Crippen LogP contribution in [-0.2, 0) is 0 Å². The number of methoxy groups -OCH3 is 1. The van der Waals surface area contributed by atoms with Crippen molar-refractivity contribution in [1.29, 1.82) is 0 Å². The van der Waals surface area contributed by atoms with Gasteiger partial charge in [-0.25, -0.2) is 5.43 Å². The molecule has 0 saturated carbocycles. The molecule has 0 bridgehead atoms. The van der Waals surface area contributed by atoms with E-state index in [0.29, 0.717) is 33.3 Å². The van der Waals surface area contributed by atoms with Gasteiger partial charge in [0, 0.05) is 11.3 Å². The van der Waals surface area contributed by atoms with Gasteiger partial charge < -0.3 is 14.8 Å². The number of nitrogens with one attached hydrogen (secondary N) is 2. The normalized spacial score (nSPS) is 10.8. The predicted molar refractivity (Wildman–Crippen MR) is 130 cm³/mol. The topological polar surface area (TPSA) is 89.0 Å². The van der Waals surface area contributed by atoms with Crippen LogP contribution < -0.4 is 20.2 Å². The molecule has 3 aromatic carbocycles. The van der Waals surface area contributed by atoms with Gasteiger partial charge in [-0.2, -0.15) is 5.10 Å². The average molecular weight is 466 g/mol. The average Bonchev–Trinajstić information content (AvgIpc) is 2.80. The lowest BCUT2D eigenvalue weighted by Gasteiger charge is -2.13. The van der Waals surface area contributed by atoms with Crippen LogP contribution in [0.15, 0.2) is 71.8 Å². The summed E-state index contributed by atoms with van der Waals surface area (Å²) >= 11 is 6.05. The van der Waals surface area contributed by atoms with E-state index >= 15 is 0 Å². The van der Waals surface area contributed by atoms with Gasteiger partial charge in [0.25, 0.3) is 11.8 Å². The van der Waals surface area contributed by atoms with Gasteiger partial charge in [-0.3, -0.25) is 9.59 Å². The second-order valence-electron chi connectivity index (χ2n) is 7.29. The fourth-order valence-electron chi connectivity index (χ4n) is 2.89. The summed E-state index contributed by atoms with van der Waals surface area (Å²) in [5.41, 5.74) is 4.51. The van der Waals surface area contributed by atoms with Crippen LogP contribution in [-0.4, -0.2) is 31.2 Å². The number of rotatable bonds is 8. The van der Waals surface area contributed by atoms with Crippen LogP contribution in [0.4, 0.5) is 5.69 Å². The van der Waals surface area contributed by atoms with Gasteiger partial charge in [0.05, 0.1) is 30.0 Å². The maximum atomic E-state index is 12.4. The van der Waals surface area contributed by atoms with Crippen LogP contribution in [0.3, 0.4) is 0 Å². The SMILES string of the molecule is COc1cc(C=NNC(=O)c2ccc(NC(=O)c3ccccc3Cl)cc2)ccc1OC(C)C. The number of hydrogen-bond acceptors (Lipinski definition) is 5. The summed E-state index contributed by atoms with van der Waals surface area (Å²) in [6.45, 7) is 3.87. The largest absolute Gasteiger partial charge is 0.493 e. The Bertz CT molecular complexity index is 1160. The van der Waals surface area contributed by atoms with E-state index in [1.54, 1.807) is 67.8 Å². The van der Waals surface area contributed by atoms with Gasteiger partial charge in [-0.15, -0.1) is 0 Å².